The summed E-state index contributed by atoms with van der Waals surface area (Å²) in [5.74, 6) is -0.173. The van der Waals surface area contributed by atoms with Gasteiger partial charge in [0.2, 0.25) is 0 Å². The van der Waals surface area contributed by atoms with Crippen LogP contribution in [0.1, 0.15) is 5.56 Å². The van der Waals surface area contributed by atoms with Crippen LogP contribution in [0.2, 0.25) is 0 Å². The van der Waals surface area contributed by atoms with Gasteiger partial charge >= 0.3 is 0 Å². The highest BCUT2D eigenvalue weighted by atomic mass is 79.9. The lowest BCUT2D eigenvalue weighted by atomic mass is 10.2. The van der Waals surface area contributed by atoms with Gasteiger partial charge in [-0.25, -0.2) is 4.39 Å². The minimum atomic E-state index is -0.173. The summed E-state index contributed by atoms with van der Waals surface area (Å²) in [6, 6.07) is 6.63. The summed E-state index contributed by atoms with van der Waals surface area (Å²) in [5, 5.41) is 4.08. The van der Waals surface area contributed by atoms with Gasteiger partial charge in [-0.05, 0) is 17.7 Å². The molecule has 0 fully saturated rings. The first-order valence-corrected chi connectivity index (χ1v) is 4.96. The van der Waals surface area contributed by atoms with E-state index in [9.17, 15) is 4.39 Å². The molecule has 0 heterocycles. The van der Waals surface area contributed by atoms with E-state index in [1.54, 1.807) is 12.1 Å². The molecule has 1 aromatic rings. The quantitative estimate of drug-likeness (QED) is 0.620. The Morgan fingerprint density at radius 2 is 2.25 bits per heavy atom. The second kappa shape index (κ2) is 5.27. The van der Waals surface area contributed by atoms with E-state index >= 15 is 0 Å². The molecule has 1 nitrogen and oxygen atoms in total. The molecule has 0 atom stereocenters. The van der Waals surface area contributed by atoms with Gasteiger partial charge in [-0.2, -0.15) is 0 Å². The van der Waals surface area contributed by atoms with Gasteiger partial charge in [0.25, 0.3) is 0 Å². The van der Waals surface area contributed by atoms with Crippen LogP contribution in [0.5, 0.6) is 0 Å². The SMILES string of the molecule is Fc1cccc(CNCCBr)c1. The first kappa shape index (κ1) is 9.68. The lowest BCUT2D eigenvalue weighted by molar-refractivity contribution is 0.622. The maximum absolute atomic E-state index is 12.6. The standard InChI is InChI=1S/C9H11BrFN/c10-4-5-12-7-8-2-1-3-9(11)6-8/h1-3,6,12H,4-5,7H2. The molecular weight excluding hydrogens is 221 g/mol. The van der Waals surface area contributed by atoms with Gasteiger partial charge in [-0.3, -0.25) is 0 Å². The Morgan fingerprint density at radius 1 is 1.42 bits per heavy atom. The number of hydrogen-bond acceptors (Lipinski definition) is 1. The van der Waals surface area contributed by atoms with Crippen LogP contribution < -0.4 is 5.32 Å². The largest absolute Gasteiger partial charge is 0.312 e. The number of hydrogen-bond donors (Lipinski definition) is 1. The highest BCUT2D eigenvalue weighted by molar-refractivity contribution is 9.09. The fourth-order valence-electron chi connectivity index (χ4n) is 0.946. The molecule has 0 radical (unpaired) electrons. The van der Waals surface area contributed by atoms with Gasteiger partial charge in [0.15, 0.2) is 0 Å². The van der Waals surface area contributed by atoms with Gasteiger partial charge in [0.05, 0.1) is 0 Å². The van der Waals surface area contributed by atoms with Crippen molar-refractivity contribution in [2.45, 2.75) is 6.54 Å². The van der Waals surface area contributed by atoms with Crippen molar-refractivity contribution >= 4 is 15.9 Å². The van der Waals surface area contributed by atoms with Crippen LogP contribution in [0.25, 0.3) is 0 Å². The summed E-state index contributed by atoms with van der Waals surface area (Å²) in [6.45, 7) is 1.62. The van der Waals surface area contributed by atoms with E-state index in [1.807, 2.05) is 6.07 Å². The molecule has 1 N–H and O–H groups in total. The van der Waals surface area contributed by atoms with Crippen molar-refractivity contribution in [1.82, 2.24) is 5.32 Å². The molecular formula is C9H11BrFN. The van der Waals surface area contributed by atoms with Crippen LogP contribution in [-0.2, 0) is 6.54 Å². The van der Waals surface area contributed by atoms with E-state index in [0.717, 1.165) is 24.0 Å². The van der Waals surface area contributed by atoms with Crippen molar-refractivity contribution in [2.24, 2.45) is 0 Å². The molecule has 1 rings (SSSR count). The van der Waals surface area contributed by atoms with E-state index in [4.69, 9.17) is 0 Å². The molecule has 1 aromatic carbocycles. The molecule has 3 heteroatoms. The van der Waals surface area contributed by atoms with Gasteiger partial charge in [-0.15, -0.1) is 0 Å². The molecule has 12 heavy (non-hydrogen) atoms. The molecule has 0 aliphatic rings. The highest BCUT2D eigenvalue weighted by Gasteiger charge is 1.93. The van der Waals surface area contributed by atoms with Crippen molar-refractivity contribution in [3.63, 3.8) is 0 Å². The summed E-state index contributed by atoms with van der Waals surface area (Å²) in [4.78, 5) is 0. The third-order valence-electron chi connectivity index (χ3n) is 1.49. The molecule has 0 unspecified atom stereocenters. The summed E-state index contributed by atoms with van der Waals surface area (Å²) in [7, 11) is 0. The second-order valence-electron chi connectivity index (χ2n) is 2.50. The topological polar surface area (TPSA) is 12.0 Å². The molecule has 0 aliphatic heterocycles. The van der Waals surface area contributed by atoms with Crippen LogP contribution in [0.4, 0.5) is 4.39 Å². The van der Waals surface area contributed by atoms with Crippen LogP contribution in [-0.4, -0.2) is 11.9 Å². The zero-order valence-corrected chi connectivity index (χ0v) is 8.27. The lowest BCUT2D eigenvalue weighted by Crippen LogP contribution is -2.15. The summed E-state index contributed by atoms with van der Waals surface area (Å²) < 4.78 is 12.6. The van der Waals surface area contributed by atoms with Crippen molar-refractivity contribution in [1.29, 1.82) is 0 Å². The van der Waals surface area contributed by atoms with Crippen molar-refractivity contribution < 1.29 is 4.39 Å². The first-order valence-electron chi connectivity index (χ1n) is 3.84. The molecule has 0 aliphatic carbocycles. The zero-order chi connectivity index (χ0) is 8.81. The normalized spacial score (nSPS) is 10.2. The third kappa shape index (κ3) is 3.32. The van der Waals surface area contributed by atoms with Crippen LogP contribution in [0.3, 0.4) is 0 Å². The average Bonchev–Trinajstić information content (AvgIpc) is 2.05. The van der Waals surface area contributed by atoms with Crippen molar-refractivity contribution in [2.75, 3.05) is 11.9 Å². The fourth-order valence-corrected chi connectivity index (χ4v) is 1.23. The number of nitrogens with one attached hydrogen (secondary N) is 1. The van der Waals surface area contributed by atoms with Gasteiger partial charge < -0.3 is 5.32 Å². The maximum atomic E-state index is 12.6. The number of halogens is 2. The number of rotatable bonds is 4. The van der Waals surface area contributed by atoms with Gasteiger partial charge in [0.1, 0.15) is 5.82 Å². The van der Waals surface area contributed by atoms with E-state index in [0.29, 0.717) is 0 Å². The van der Waals surface area contributed by atoms with Crippen LogP contribution in [0, 0.1) is 5.82 Å². The molecule has 0 saturated heterocycles. The predicted molar refractivity (Wildman–Crippen MR) is 51.9 cm³/mol. The third-order valence-corrected chi connectivity index (χ3v) is 1.89. The van der Waals surface area contributed by atoms with E-state index in [2.05, 4.69) is 21.2 Å². The molecule has 0 aromatic heterocycles. The first-order chi connectivity index (χ1) is 5.83. The Bertz CT molecular complexity index is 240. The van der Waals surface area contributed by atoms with Crippen LogP contribution >= 0.6 is 15.9 Å². The lowest BCUT2D eigenvalue weighted by Gasteiger charge is -2.01. The number of benzene rings is 1. The fraction of sp³-hybridized carbons (Fsp3) is 0.333. The summed E-state index contributed by atoms with van der Waals surface area (Å²) in [6.07, 6.45) is 0. The molecule has 0 spiro atoms. The molecule has 0 bridgehead atoms. The van der Waals surface area contributed by atoms with Crippen molar-refractivity contribution in [3.8, 4) is 0 Å². The van der Waals surface area contributed by atoms with Crippen LogP contribution in [0.15, 0.2) is 24.3 Å². The minimum Gasteiger partial charge on any atom is -0.312 e. The number of alkyl halides is 1. The predicted octanol–water partition coefficient (Wildman–Crippen LogP) is 2.31. The molecule has 0 saturated carbocycles. The van der Waals surface area contributed by atoms with Crippen molar-refractivity contribution in [3.05, 3.63) is 35.6 Å². The average molecular weight is 232 g/mol. The highest BCUT2D eigenvalue weighted by Crippen LogP contribution is 2.02. The zero-order valence-electron chi connectivity index (χ0n) is 6.69. The van der Waals surface area contributed by atoms with E-state index in [1.165, 1.54) is 6.07 Å². The smallest absolute Gasteiger partial charge is 0.123 e. The Labute approximate surface area is 80.1 Å². The Kier molecular flexibility index (Phi) is 4.25. The Morgan fingerprint density at radius 3 is 2.92 bits per heavy atom. The molecule has 66 valence electrons. The van der Waals surface area contributed by atoms with E-state index < -0.39 is 0 Å². The monoisotopic (exact) mass is 231 g/mol. The van der Waals surface area contributed by atoms with Gasteiger partial charge in [0, 0.05) is 18.4 Å². The Balaban J connectivity index is 2.41. The second-order valence-corrected chi connectivity index (χ2v) is 3.29. The minimum absolute atomic E-state index is 0.173. The van der Waals surface area contributed by atoms with Gasteiger partial charge in [-0.1, -0.05) is 28.1 Å². The maximum Gasteiger partial charge on any atom is 0.123 e. The Hall–Kier alpha value is -0.410. The summed E-state index contributed by atoms with van der Waals surface area (Å²) in [5.41, 5.74) is 0.982. The summed E-state index contributed by atoms with van der Waals surface area (Å²) >= 11 is 3.30. The molecule has 0 amide bonds. The van der Waals surface area contributed by atoms with E-state index in [-0.39, 0.29) is 5.82 Å².